The van der Waals surface area contributed by atoms with Crippen molar-refractivity contribution in [2.45, 2.75) is 17.7 Å². The van der Waals surface area contributed by atoms with Crippen molar-refractivity contribution in [3.05, 3.63) is 34.4 Å². The van der Waals surface area contributed by atoms with E-state index < -0.39 is 39.9 Å². The van der Waals surface area contributed by atoms with Gasteiger partial charge in [0.15, 0.2) is 0 Å². The summed E-state index contributed by atoms with van der Waals surface area (Å²) in [4.78, 5) is 0. The van der Waals surface area contributed by atoms with E-state index in [4.69, 9.17) is 5.26 Å². The first kappa shape index (κ1) is 14.8. The molecule has 0 unspecified atom stereocenters. The smallest absolute Gasteiger partial charge is 0.192 e. The standard InChI is InChI=1S/C10H4BrF6N/c11-3-5-1-7(9(12,13)14)2-6(4-18)8(5)10(15,16)17/h1-2H,3H2. The fourth-order valence-corrected chi connectivity index (χ4v) is 1.84. The average Bonchev–Trinajstić information content (AvgIpc) is 2.24. The molecule has 0 aromatic heterocycles. The zero-order chi connectivity index (χ0) is 14.1. The SMILES string of the molecule is N#Cc1cc(C(F)(F)F)cc(CBr)c1C(F)(F)F. The van der Waals surface area contributed by atoms with Gasteiger partial charge in [0.1, 0.15) is 0 Å². The number of nitrogens with zero attached hydrogens (tertiary/aromatic N) is 1. The van der Waals surface area contributed by atoms with Crippen LogP contribution in [0.2, 0.25) is 0 Å². The molecule has 1 aromatic rings. The largest absolute Gasteiger partial charge is 0.417 e. The molecular formula is C10H4BrF6N. The molecule has 0 saturated heterocycles. The number of hydrogen-bond donors (Lipinski definition) is 0. The van der Waals surface area contributed by atoms with E-state index in [2.05, 4.69) is 15.9 Å². The summed E-state index contributed by atoms with van der Waals surface area (Å²) in [6.07, 6.45) is -9.68. The summed E-state index contributed by atoms with van der Waals surface area (Å²) >= 11 is 2.69. The lowest BCUT2D eigenvalue weighted by Gasteiger charge is -2.16. The molecule has 1 aromatic carbocycles. The van der Waals surface area contributed by atoms with E-state index >= 15 is 0 Å². The second-order valence-corrected chi connectivity index (χ2v) is 3.86. The van der Waals surface area contributed by atoms with Gasteiger partial charge in [-0.15, -0.1) is 0 Å². The molecule has 0 atom stereocenters. The molecule has 0 aliphatic carbocycles. The first-order valence-electron chi connectivity index (χ1n) is 4.38. The van der Waals surface area contributed by atoms with Gasteiger partial charge in [-0.1, -0.05) is 15.9 Å². The molecule has 0 fully saturated rings. The molecule has 0 spiro atoms. The molecule has 8 heteroatoms. The summed E-state index contributed by atoms with van der Waals surface area (Å²) in [5.74, 6) is 0. The zero-order valence-corrected chi connectivity index (χ0v) is 10.0. The molecule has 0 aliphatic rings. The number of alkyl halides is 7. The van der Waals surface area contributed by atoms with Gasteiger partial charge >= 0.3 is 12.4 Å². The van der Waals surface area contributed by atoms with E-state index in [9.17, 15) is 26.3 Å². The second kappa shape index (κ2) is 4.80. The van der Waals surface area contributed by atoms with Crippen LogP contribution >= 0.6 is 15.9 Å². The third-order valence-electron chi connectivity index (χ3n) is 2.10. The molecule has 0 saturated carbocycles. The van der Waals surface area contributed by atoms with Crippen LogP contribution in [0.5, 0.6) is 0 Å². The molecule has 0 heterocycles. The highest BCUT2D eigenvalue weighted by Gasteiger charge is 2.39. The van der Waals surface area contributed by atoms with Crippen molar-refractivity contribution >= 4 is 15.9 Å². The van der Waals surface area contributed by atoms with Crippen molar-refractivity contribution in [1.82, 2.24) is 0 Å². The lowest BCUT2D eigenvalue weighted by Crippen LogP contribution is -2.14. The normalized spacial score (nSPS) is 12.3. The van der Waals surface area contributed by atoms with Gasteiger partial charge in [0.25, 0.3) is 0 Å². The fourth-order valence-electron chi connectivity index (χ4n) is 1.39. The van der Waals surface area contributed by atoms with Crippen LogP contribution in [0.3, 0.4) is 0 Å². The van der Waals surface area contributed by atoms with Crippen LogP contribution in [-0.2, 0) is 17.7 Å². The first-order chi connectivity index (χ1) is 8.11. The Balaban J connectivity index is 3.62. The molecule has 1 rings (SSSR count). The van der Waals surface area contributed by atoms with E-state index in [-0.39, 0.29) is 6.07 Å². The van der Waals surface area contributed by atoms with Gasteiger partial charge in [0, 0.05) is 5.33 Å². The fraction of sp³-hybridized carbons (Fsp3) is 0.300. The zero-order valence-electron chi connectivity index (χ0n) is 8.45. The molecule has 18 heavy (non-hydrogen) atoms. The molecule has 0 radical (unpaired) electrons. The highest BCUT2D eigenvalue weighted by Crippen LogP contribution is 2.39. The van der Waals surface area contributed by atoms with E-state index in [0.717, 1.165) is 6.07 Å². The number of halogens is 7. The third kappa shape index (κ3) is 2.96. The summed E-state index contributed by atoms with van der Waals surface area (Å²) in [7, 11) is 0. The topological polar surface area (TPSA) is 23.8 Å². The van der Waals surface area contributed by atoms with Crippen LogP contribution in [0.1, 0.15) is 22.3 Å². The lowest BCUT2D eigenvalue weighted by molar-refractivity contribution is -0.141. The Kier molecular flexibility index (Phi) is 3.96. The molecule has 0 bridgehead atoms. The molecule has 0 amide bonds. The third-order valence-corrected chi connectivity index (χ3v) is 2.70. The Morgan fingerprint density at radius 1 is 1.06 bits per heavy atom. The van der Waals surface area contributed by atoms with Gasteiger partial charge in [-0.25, -0.2) is 0 Å². The van der Waals surface area contributed by atoms with Crippen molar-refractivity contribution in [3.8, 4) is 6.07 Å². The van der Waals surface area contributed by atoms with Crippen LogP contribution in [-0.4, -0.2) is 0 Å². The second-order valence-electron chi connectivity index (χ2n) is 3.30. The van der Waals surface area contributed by atoms with Gasteiger partial charge in [0.05, 0.1) is 22.8 Å². The Bertz CT molecular complexity index is 497. The van der Waals surface area contributed by atoms with Gasteiger partial charge in [-0.2, -0.15) is 31.6 Å². The Hall–Kier alpha value is -1.23. The van der Waals surface area contributed by atoms with Crippen LogP contribution in [0.15, 0.2) is 12.1 Å². The maximum atomic E-state index is 12.7. The van der Waals surface area contributed by atoms with Crippen LogP contribution < -0.4 is 0 Å². The number of rotatable bonds is 1. The summed E-state index contributed by atoms with van der Waals surface area (Å²) in [5.41, 5.74) is -4.27. The van der Waals surface area contributed by atoms with Crippen LogP contribution in [0.25, 0.3) is 0 Å². The number of nitriles is 1. The summed E-state index contributed by atoms with van der Waals surface area (Å²) in [5, 5.41) is 8.13. The van der Waals surface area contributed by atoms with E-state index in [0.29, 0.717) is 6.07 Å². The molecule has 0 N–H and O–H groups in total. The molecule has 98 valence electrons. The van der Waals surface area contributed by atoms with E-state index in [1.54, 1.807) is 0 Å². The summed E-state index contributed by atoms with van der Waals surface area (Å²) < 4.78 is 75.3. The monoisotopic (exact) mass is 331 g/mol. The van der Waals surface area contributed by atoms with Crippen molar-refractivity contribution < 1.29 is 26.3 Å². The van der Waals surface area contributed by atoms with E-state index in [1.165, 1.54) is 0 Å². The minimum Gasteiger partial charge on any atom is -0.192 e. The van der Waals surface area contributed by atoms with Crippen LogP contribution in [0.4, 0.5) is 26.3 Å². The lowest BCUT2D eigenvalue weighted by atomic mass is 9.98. The maximum Gasteiger partial charge on any atom is 0.417 e. The van der Waals surface area contributed by atoms with Crippen molar-refractivity contribution in [3.63, 3.8) is 0 Å². The van der Waals surface area contributed by atoms with Crippen molar-refractivity contribution in [2.24, 2.45) is 0 Å². The van der Waals surface area contributed by atoms with Gasteiger partial charge in [-0.3, -0.25) is 0 Å². The Labute approximate surface area is 106 Å². The predicted octanol–water partition coefficient (Wildman–Crippen LogP) is 4.49. The quantitative estimate of drug-likeness (QED) is 0.549. The first-order valence-corrected chi connectivity index (χ1v) is 5.50. The van der Waals surface area contributed by atoms with Gasteiger partial charge < -0.3 is 0 Å². The molecular weight excluding hydrogens is 328 g/mol. The van der Waals surface area contributed by atoms with Crippen LogP contribution in [0, 0.1) is 11.3 Å². The van der Waals surface area contributed by atoms with Crippen molar-refractivity contribution in [2.75, 3.05) is 0 Å². The highest BCUT2D eigenvalue weighted by atomic mass is 79.9. The maximum absolute atomic E-state index is 12.7. The Morgan fingerprint density at radius 2 is 1.61 bits per heavy atom. The Morgan fingerprint density at radius 3 is 1.94 bits per heavy atom. The van der Waals surface area contributed by atoms with Crippen molar-refractivity contribution in [1.29, 1.82) is 5.26 Å². The van der Waals surface area contributed by atoms with E-state index in [1.807, 2.05) is 0 Å². The summed E-state index contributed by atoms with van der Waals surface area (Å²) in [6.45, 7) is 0. The van der Waals surface area contributed by atoms with Gasteiger partial charge in [0.2, 0.25) is 0 Å². The minimum absolute atomic E-state index is 0.203. The average molecular weight is 332 g/mol. The number of benzene rings is 1. The molecule has 0 aliphatic heterocycles. The predicted molar refractivity (Wildman–Crippen MR) is 53.8 cm³/mol. The molecule has 1 nitrogen and oxygen atoms in total. The summed E-state index contributed by atoms with van der Waals surface area (Å²) in [6, 6.07) is 1.74. The number of hydrogen-bond acceptors (Lipinski definition) is 1. The highest BCUT2D eigenvalue weighted by molar-refractivity contribution is 9.08. The minimum atomic E-state index is -4.88. The van der Waals surface area contributed by atoms with Gasteiger partial charge in [-0.05, 0) is 17.7 Å².